The molecule has 0 atom stereocenters. The number of nitrogens with zero attached hydrogens (tertiary/aromatic N) is 2. The van der Waals surface area contributed by atoms with E-state index in [-0.39, 0.29) is 16.6 Å². The molecule has 1 aromatic carbocycles. The number of aromatic nitrogens is 3. The molecule has 4 N–H and O–H groups in total. The molecule has 8 nitrogen and oxygen atoms in total. The van der Waals surface area contributed by atoms with Gasteiger partial charge in [-0.3, -0.25) is 9.89 Å². The zero-order valence-corrected chi connectivity index (χ0v) is 16.7. The van der Waals surface area contributed by atoms with Gasteiger partial charge in [0.15, 0.2) is 0 Å². The quantitative estimate of drug-likeness (QED) is 0.601. The molecular weight excluding hydrogens is 386 g/mol. The van der Waals surface area contributed by atoms with Crippen molar-refractivity contribution >= 4 is 33.4 Å². The molecule has 1 aliphatic carbocycles. The summed E-state index contributed by atoms with van der Waals surface area (Å²) in [5.41, 5.74) is 0.910. The maximum Gasteiger partial charge on any atom is 0.238 e. The number of nitrogens with two attached hydrogens (primary N) is 1. The third-order valence-electron chi connectivity index (χ3n) is 4.58. The van der Waals surface area contributed by atoms with Crippen LogP contribution in [0, 0.1) is 12.8 Å². The average Bonchev–Trinajstić information content (AvgIpc) is 3.26. The summed E-state index contributed by atoms with van der Waals surface area (Å²) in [5.74, 6) is 1.39. The van der Waals surface area contributed by atoms with Crippen LogP contribution in [0.2, 0.25) is 0 Å². The first-order valence-electron chi connectivity index (χ1n) is 8.78. The smallest absolute Gasteiger partial charge is 0.238 e. The first-order valence-corrected chi connectivity index (χ1v) is 11.3. The summed E-state index contributed by atoms with van der Waals surface area (Å²) in [6.45, 7) is 1.65. The second-order valence-electron chi connectivity index (χ2n) is 6.78. The van der Waals surface area contributed by atoms with Gasteiger partial charge in [0.1, 0.15) is 5.82 Å². The van der Waals surface area contributed by atoms with Crippen molar-refractivity contribution in [2.45, 2.75) is 49.1 Å². The van der Waals surface area contributed by atoms with Crippen molar-refractivity contribution in [3.8, 4) is 0 Å². The lowest BCUT2D eigenvalue weighted by Crippen LogP contribution is -2.17. The van der Waals surface area contributed by atoms with Gasteiger partial charge in [-0.15, -0.1) is 5.10 Å². The van der Waals surface area contributed by atoms with E-state index < -0.39 is 10.0 Å². The number of H-pyrrole nitrogens is 1. The Hall–Kier alpha value is -1.91. The van der Waals surface area contributed by atoms with E-state index in [0.717, 1.165) is 12.2 Å². The molecule has 1 saturated carbocycles. The number of aryl methyl sites for hydroxylation is 1. The number of carbonyl (C=O) groups is 1. The second-order valence-corrected chi connectivity index (χ2v) is 9.25. The topological polar surface area (TPSA) is 131 Å². The fraction of sp³-hybridized carbons (Fsp3) is 0.471. The normalized spacial score (nSPS) is 15.2. The fourth-order valence-corrected chi connectivity index (χ4v) is 4.66. The first kappa shape index (κ1) is 19.8. The van der Waals surface area contributed by atoms with E-state index in [2.05, 4.69) is 20.5 Å². The monoisotopic (exact) mass is 409 g/mol. The lowest BCUT2D eigenvalue weighted by atomic mass is 10.0. The zero-order valence-electron chi connectivity index (χ0n) is 15.1. The number of carbonyl (C=O) groups excluding carboxylic acids is 1. The summed E-state index contributed by atoms with van der Waals surface area (Å²) >= 11 is 1.23. The lowest BCUT2D eigenvalue weighted by molar-refractivity contribution is -0.113. The Bertz CT molecular complexity index is 920. The van der Waals surface area contributed by atoms with Crippen molar-refractivity contribution in [1.29, 1.82) is 0 Å². The largest absolute Gasteiger partial charge is 0.325 e. The first-order chi connectivity index (χ1) is 12.8. The molecule has 1 fully saturated rings. The third-order valence-corrected chi connectivity index (χ3v) is 6.48. The van der Waals surface area contributed by atoms with Crippen molar-refractivity contribution in [3.05, 3.63) is 29.6 Å². The number of benzene rings is 1. The van der Waals surface area contributed by atoms with Crippen LogP contribution in [-0.4, -0.2) is 35.3 Å². The van der Waals surface area contributed by atoms with E-state index in [1.807, 2.05) is 0 Å². The predicted molar refractivity (Wildman–Crippen MR) is 104 cm³/mol. The summed E-state index contributed by atoms with van der Waals surface area (Å²) < 4.78 is 23.1. The Morgan fingerprint density at radius 2 is 2.11 bits per heavy atom. The minimum atomic E-state index is -3.84. The van der Waals surface area contributed by atoms with E-state index in [1.165, 1.54) is 43.5 Å². The van der Waals surface area contributed by atoms with E-state index in [4.69, 9.17) is 5.14 Å². The van der Waals surface area contributed by atoms with Crippen LogP contribution < -0.4 is 10.5 Å². The van der Waals surface area contributed by atoms with E-state index in [1.54, 1.807) is 19.1 Å². The minimum Gasteiger partial charge on any atom is -0.325 e. The molecule has 10 heteroatoms. The fourth-order valence-electron chi connectivity index (χ4n) is 3.23. The highest BCUT2D eigenvalue weighted by molar-refractivity contribution is 7.99. The number of thioether (sulfide) groups is 1. The molecule has 1 aromatic heterocycles. The number of sulfonamides is 1. The molecule has 2 aromatic rings. The third kappa shape index (κ3) is 5.53. The maximum atomic E-state index is 12.1. The van der Waals surface area contributed by atoms with Gasteiger partial charge in [-0.1, -0.05) is 43.5 Å². The minimum absolute atomic E-state index is 0.00141. The van der Waals surface area contributed by atoms with Crippen LogP contribution in [0.3, 0.4) is 0 Å². The van der Waals surface area contributed by atoms with Crippen LogP contribution in [0.15, 0.2) is 28.3 Å². The molecule has 0 spiro atoms. The summed E-state index contributed by atoms with van der Waals surface area (Å²) in [7, 11) is -3.84. The number of hydrogen-bond acceptors (Lipinski definition) is 6. The Balaban J connectivity index is 1.53. The van der Waals surface area contributed by atoms with E-state index >= 15 is 0 Å². The van der Waals surface area contributed by atoms with Gasteiger partial charge in [-0.2, -0.15) is 0 Å². The molecule has 0 radical (unpaired) electrons. The molecular formula is C17H23N5O3S2. The lowest BCUT2D eigenvalue weighted by Gasteiger charge is -2.08. The molecule has 0 saturated heterocycles. The number of rotatable bonds is 7. The summed E-state index contributed by atoms with van der Waals surface area (Å²) in [4.78, 5) is 16.6. The molecule has 146 valence electrons. The standard InChI is InChI=1S/C17H23N5O3S2/c1-11-6-7-13(9-14(11)27(18,24)25)19-16(23)10-26-17-20-15(21-22-17)8-12-4-2-3-5-12/h6-7,9,12H,2-5,8,10H2,1H3,(H,19,23)(H2,18,24,25)(H,20,21,22). The van der Waals surface area contributed by atoms with Crippen LogP contribution in [0.5, 0.6) is 0 Å². The molecule has 27 heavy (non-hydrogen) atoms. The molecule has 0 unspecified atom stereocenters. The molecule has 0 aliphatic heterocycles. The van der Waals surface area contributed by atoms with Crippen molar-refractivity contribution in [1.82, 2.24) is 15.2 Å². The maximum absolute atomic E-state index is 12.1. The Morgan fingerprint density at radius 1 is 1.37 bits per heavy atom. The van der Waals surface area contributed by atoms with Crippen molar-refractivity contribution < 1.29 is 13.2 Å². The van der Waals surface area contributed by atoms with Crippen LogP contribution >= 0.6 is 11.8 Å². The molecule has 1 amide bonds. The number of anilines is 1. The van der Waals surface area contributed by atoms with Crippen molar-refractivity contribution in [2.24, 2.45) is 11.1 Å². The van der Waals surface area contributed by atoms with Crippen LogP contribution in [0.25, 0.3) is 0 Å². The van der Waals surface area contributed by atoms with Crippen molar-refractivity contribution in [2.75, 3.05) is 11.1 Å². The highest BCUT2D eigenvalue weighted by Crippen LogP contribution is 2.27. The summed E-state index contributed by atoms with van der Waals surface area (Å²) in [6.07, 6.45) is 5.95. The summed E-state index contributed by atoms with van der Waals surface area (Å²) in [6, 6.07) is 4.60. The van der Waals surface area contributed by atoms with Gasteiger partial charge >= 0.3 is 0 Å². The number of amides is 1. The number of hydrogen-bond donors (Lipinski definition) is 3. The molecule has 1 heterocycles. The van der Waals surface area contributed by atoms with Crippen molar-refractivity contribution in [3.63, 3.8) is 0 Å². The van der Waals surface area contributed by atoms with E-state index in [9.17, 15) is 13.2 Å². The van der Waals surface area contributed by atoms with Crippen LogP contribution in [0.1, 0.15) is 37.1 Å². The molecule has 3 rings (SSSR count). The van der Waals surface area contributed by atoms with Gasteiger partial charge in [-0.05, 0) is 30.5 Å². The Kier molecular flexibility index (Phi) is 6.18. The zero-order chi connectivity index (χ0) is 19.4. The van der Waals surface area contributed by atoms with Crippen LogP contribution in [0.4, 0.5) is 5.69 Å². The van der Waals surface area contributed by atoms with E-state index in [0.29, 0.717) is 22.3 Å². The van der Waals surface area contributed by atoms with Gasteiger partial charge in [0, 0.05) is 12.1 Å². The predicted octanol–water partition coefficient (Wildman–Crippen LogP) is 2.22. The SMILES string of the molecule is Cc1ccc(NC(=O)CSc2n[nH]c(CC3CCCC3)n2)cc1S(N)(=O)=O. The number of nitrogens with one attached hydrogen (secondary N) is 2. The highest BCUT2D eigenvalue weighted by Gasteiger charge is 2.18. The molecule has 0 bridgehead atoms. The summed E-state index contributed by atoms with van der Waals surface area (Å²) in [5, 5.41) is 15.5. The Morgan fingerprint density at radius 3 is 2.81 bits per heavy atom. The van der Waals surface area contributed by atoms with Gasteiger partial charge in [0.25, 0.3) is 0 Å². The van der Waals surface area contributed by atoms with Gasteiger partial charge in [0.05, 0.1) is 10.6 Å². The number of aromatic amines is 1. The van der Waals surface area contributed by atoms with Gasteiger partial charge in [0.2, 0.25) is 21.1 Å². The highest BCUT2D eigenvalue weighted by atomic mass is 32.2. The average molecular weight is 410 g/mol. The van der Waals surface area contributed by atoms with Gasteiger partial charge in [-0.25, -0.2) is 18.5 Å². The Labute approximate surface area is 162 Å². The van der Waals surface area contributed by atoms with Crippen LogP contribution in [-0.2, 0) is 21.2 Å². The molecule has 1 aliphatic rings. The van der Waals surface area contributed by atoms with Gasteiger partial charge < -0.3 is 5.32 Å². The number of primary sulfonamides is 1. The second kappa shape index (κ2) is 8.41.